The molecule has 1 aromatic rings. The molecular formula is C18H29N3O2. The van der Waals surface area contributed by atoms with E-state index in [-0.39, 0.29) is 5.92 Å². The zero-order chi connectivity index (χ0) is 16.4. The van der Waals surface area contributed by atoms with E-state index >= 15 is 0 Å². The van der Waals surface area contributed by atoms with Crippen LogP contribution in [0.5, 0.6) is 0 Å². The third-order valence-corrected chi connectivity index (χ3v) is 5.68. The smallest absolute Gasteiger partial charge is 0.308 e. The predicted molar refractivity (Wildman–Crippen MR) is 89.1 cm³/mol. The van der Waals surface area contributed by atoms with Gasteiger partial charge in [-0.25, -0.2) is 0 Å². The lowest BCUT2D eigenvalue weighted by molar-refractivity contribution is -0.143. The average Bonchev–Trinajstić information content (AvgIpc) is 3.12. The highest BCUT2D eigenvalue weighted by Crippen LogP contribution is 2.38. The van der Waals surface area contributed by atoms with Crippen molar-refractivity contribution in [2.24, 2.45) is 17.8 Å². The van der Waals surface area contributed by atoms with Crippen molar-refractivity contribution in [1.82, 2.24) is 14.7 Å². The zero-order valence-corrected chi connectivity index (χ0v) is 14.4. The van der Waals surface area contributed by atoms with Crippen molar-refractivity contribution in [1.29, 1.82) is 0 Å². The fourth-order valence-electron chi connectivity index (χ4n) is 4.57. The number of carboxylic acids is 1. The standard InChI is InChI=1S/C18H29N3O2/c1-3-21-15(9-13(2)19-21)10-20-11-16(17(12-20)18(22)23)14-7-5-4-6-8-14/h9,14,16-17H,3-8,10-12H2,1-2H3,(H,22,23)/t16-,17+/m1/s1. The zero-order valence-electron chi connectivity index (χ0n) is 14.4. The van der Waals surface area contributed by atoms with Gasteiger partial charge in [0.25, 0.3) is 0 Å². The van der Waals surface area contributed by atoms with Crippen LogP contribution in [0.15, 0.2) is 6.07 Å². The molecule has 1 saturated carbocycles. The molecule has 0 bridgehead atoms. The van der Waals surface area contributed by atoms with Crippen molar-refractivity contribution in [2.45, 2.75) is 59.0 Å². The van der Waals surface area contributed by atoms with E-state index in [1.54, 1.807) is 0 Å². The number of carboxylic acid groups (broad SMARTS) is 1. The van der Waals surface area contributed by atoms with Crippen LogP contribution in [0.2, 0.25) is 0 Å². The molecule has 0 amide bonds. The Labute approximate surface area is 138 Å². The van der Waals surface area contributed by atoms with E-state index < -0.39 is 5.97 Å². The predicted octanol–water partition coefficient (Wildman–Crippen LogP) is 2.92. The van der Waals surface area contributed by atoms with Gasteiger partial charge in [-0.2, -0.15) is 5.10 Å². The highest BCUT2D eigenvalue weighted by molar-refractivity contribution is 5.71. The SMILES string of the molecule is CCn1nc(C)cc1CN1C[C@H](C(=O)O)[C@@H](C2CCCCC2)C1. The largest absolute Gasteiger partial charge is 0.481 e. The van der Waals surface area contributed by atoms with Crippen molar-refractivity contribution in [2.75, 3.05) is 13.1 Å². The molecule has 1 aliphatic heterocycles. The van der Waals surface area contributed by atoms with Crippen molar-refractivity contribution in [3.8, 4) is 0 Å². The first-order chi connectivity index (χ1) is 11.1. The summed E-state index contributed by atoms with van der Waals surface area (Å²) in [6, 6.07) is 2.13. The number of aliphatic carboxylic acids is 1. The molecule has 0 aromatic carbocycles. The molecule has 2 aliphatic rings. The monoisotopic (exact) mass is 319 g/mol. The Balaban J connectivity index is 1.70. The molecule has 23 heavy (non-hydrogen) atoms. The first-order valence-electron chi connectivity index (χ1n) is 9.07. The van der Waals surface area contributed by atoms with Crippen molar-refractivity contribution >= 4 is 5.97 Å². The summed E-state index contributed by atoms with van der Waals surface area (Å²) in [5.74, 6) is 0.125. The van der Waals surface area contributed by atoms with Gasteiger partial charge in [-0.05, 0) is 31.7 Å². The maximum absolute atomic E-state index is 11.7. The minimum atomic E-state index is -0.608. The minimum absolute atomic E-state index is 0.197. The summed E-state index contributed by atoms with van der Waals surface area (Å²) in [4.78, 5) is 14.1. The van der Waals surface area contributed by atoms with E-state index in [9.17, 15) is 9.90 Å². The third-order valence-electron chi connectivity index (χ3n) is 5.68. The van der Waals surface area contributed by atoms with Crippen LogP contribution in [0.25, 0.3) is 0 Å². The van der Waals surface area contributed by atoms with Gasteiger partial charge in [0, 0.05) is 26.2 Å². The molecule has 3 rings (SSSR count). The van der Waals surface area contributed by atoms with E-state index in [2.05, 4.69) is 23.0 Å². The number of hydrogen-bond acceptors (Lipinski definition) is 3. The molecule has 1 saturated heterocycles. The molecule has 128 valence electrons. The molecule has 0 spiro atoms. The number of aromatic nitrogens is 2. The highest BCUT2D eigenvalue weighted by atomic mass is 16.4. The second-order valence-corrected chi connectivity index (χ2v) is 7.29. The maximum atomic E-state index is 11.7. The van der Waals surface area contributed by atoms with Gasteiger partial charge in [0.15, 0.2) is 0 Å². The van der Waals surface area contributed by atoms with Gasteiger partial charge in [0.1, 0.15) is 0 Å². The first kappa shape index (κ1) is 16.5. The summed E-state index contributed by atoms with van der Waals surface area (Å²) >= 11 is 0. The average molecular weight is 319 g/mol. The summed E-state index contributed by atoms with van der Waals surface area (Å²) in [5, 5.41) is 14.2. The Bertz CT molecular complexity index is 548. The molecule has 0 unspecified atom stereocenters. The summed E-state index contributed by atoms with van der Waals surface area (Å²) in [6.45, 7) is 7.42. The van der Waals surface area contributed by atoms with Crippen LogP contribution in [-0.2, 0) is 17.9 Å². The van der Waals surface area contributed by atoms with Crippen LogP contribution < -0.4 is 0 Å². The first-order valence-corrected chi connectivity index (χ1v) is 9.07. The van der Waals surface area contributed by atoms with Gasteiger partial charge >= 0.3 is 5.97 Å². The quantitative estimate of drug-likeness (QED) is 0.906. The molecule has 1 aromatic heterocycles. The molecule has 5 nitrogen and oxygen atoms in total. The Hall–Kier alpha value is -1.36. The van der Waals surface area contributed by atoms with Gasteiger partial charge in [-0.15, -0.1) is 0 Å². The van der Waals surface area contributed by atoms with E-state index in [0.717, 1.165) is 25.3 Å². The van der Waals surface area contributed by atoms with Crippen LogP contribution in [0.1, 0.15) is 50.4 Å². The summed E-state index contributed by atoms with van der Waals surface area (Å²) in [7, 11) is 0. The fourth-order valence-corrected chi connectivity index (χ4v) is 4.57. The van der Waals surface area contributed by atoms with Crippen LogP contribution in [-0.4, -0.2) is 38.8 Å². The minimum Gasteiger partial charge on any atom is -0.481 e. The van der Waals surface area contributed by atoms with Gasteiger partial charge in [0.2, 0.25) is 0 Å². The van der Waals surface area contributed by atoms with Crippen LogP contribution in [0, 0.1) is 24.7 Å². The van der Waals surface area contributed by atoms with Crippen LogP contribution in [0.3, 0.4) is 0 Å². The Morgan fingerprint density at radius 1 is 1.30 bits per heavy atom. The molecule has 0 radical (unpaired) electrons. The summed E-state index contributed by atoms with van der Waals surface area (Å²) in [5.41, 5.74) is 2.25. The van der Waals surface area contributed by atoms with E-state index in [1.165, 1.54) is 37.8 Å². The van der Waals surface area contributed by atoms with Gasteiger partial charge in [0.05, 0.1) is 17.3 Å². The number of likely N-dealkylation sites (tertiary alicyclic amines) is 1. The number of nitrogens with zero attached hydrogens (tertiary/aromatic N) is 3. The van der Waals surface area contributed by atoms with Crippen molar-refractivity contribution < 1.29 is 9.90 Å². The second kappa shape index (κ2) is 7.04. The topological polar surface area (TPSA) is 58.4 Å². The van der Waals surface area contributed by atoms with Gasteiger partial charge < -0.3 is 5.11 Å². The molecule has 2 heterocycles. The Morgan fingerprint density at radius 2 is 2.04 bits per heavy atom. The molecule has 5 heteroatoms. The number of rotatable bonds is 5. The number of aryl methyl sites for hydroxylation is 2. The van der Waals surface area contributed by atoms with Crippen molar-refractivity contribution in [3.63, 3.8) is 0 Å². The van der Waals surface area contributed by atoms with E-state index in [4.69, 9.17) is 0 Å². The van der Waals surface area contributed by atoms with Gasteiger partial charge in [-0.1, -0.05) is 32.1 Å². The molecule has 1 N–H and O–H groups in total. The molecule has 2 fully saturated rings. The lowest BCUT2D eigenvalue weighted by Crippen LogP contribution is -2.29. The Kier molecular flexibility index (Phi) is 5.05. The second-order valence-electron chi connectivity index (χ2n) is 7.29. The Morgan fingerprint density at radius 3 is 2.70 bits per heavy atom. The van der Waals surface area contributed by atoms with Crippen molar-refractivity contribution in [3.05, 3.63) is 17.5 Å². The lowest BCUT2D eigenvalue weighted by atomic mass is 9.75. The summed E-state index contributed by atoms with van der Waals surface area (Å²) < 4.78 is 2.04. The van der Waals surface area contributed by atoms with Gasteiger partial charge in [-0.3, -0.25) is 14.4 Å². The highest BCUT2D eigenvalue weighted by Gasteiger charge is 2.42. The van der Waals surface area contributed by atoms with E-state index in [1.807, 2.05) is 11.6 Å². The molecule has 2 atom stereocenters. The third kappa shape index (κ3) is 3.60. The number of hydrogen-bond donors (Lipinski definition) is 1. The fraction of sp³-hybridized carbons (Fsp3) is 0.778. The summed E-state index contributed by atoms with van der Waals surface area (Å²) in [6.07, 6.45) is 6.30. The van der Waals surface area contributed by atoms with E-state index in [0.29, 0.717) is 18.4 Å². The molecular weight excluding hydrogens is 290 g/mol. The normalized spacial score (nSPS) is 26.7. The van der Waals surface area contributed by atoms with Crippen LogP contribution in [0.4, 0.5) is 0 Å². The lowest BCUT2D eigenvalue weighted by Gasteiger charge is -2.29. The molecule has 1 aliphatic carbocycles. The maximum Gasteiger partial charge on any atom is 0.308 e. The van der Waals surface area contributed by atoms with Crippen LogP contribution >= 0.6 is 0 Å². The number of carbonyl (C=O) groups is 1.